The number of rotatable bonds is 7. The molecule has 0 aliphatic heterocycles. The molecule has 0 spiro atoms. The Morgan fingerprint density at radius 1 is 1.17 bits per heavy atom. The SMILES string of the molecule is CCOC(=O)COCCNC1CCCCCCC1. The molecule has 0 amide bonds. The lowest BCUT2D eigenvalue weighted by Crippen LogP contribution is -2.33. The van der Waals surface area contributed by atoms with Crippen LogP contribution in [0, 0.1) is 0 Å². The van der Waals surface area contributed by atoms with Crippen LogP contribution in [0.4, 0.5) is 0 Å². The maximum Gasteiger partial charge on any atom is 0.332 e. The smallest absolute Gasteiger partial charge is 0.332 e. The first kappa shape index (κ1) is 15.4. The summed E-state index contributed by atoms with van der Waals surface area (Å²) in [5, 5.41) is 3.52. The lowest BCUT2D eigenvalue weighted by Gasteiger charge is -2.20. The number of esters is 1. The maximum atomic E-state index is 11.0. The van der Waals surface area contributed by atoms with E-state index in [0.717, 1.165) is 6.54 Å². The lowest BCUT2D eigenvalue weighted by molar-refractivity contribution is -0.148. The van der Waals surface area contributed by atoms with E-state index in [1.807, 2.05) is 0 Å². The first-order valence-corrected chi connectivity index (χ1v) is 7.29. The van der Waals surface area contributed by atoms with Crippen LogP contribution in [0.5, 0.6) is 0 Å². The molecule has 1 aliphatic rings. The van der Waals surface area contributed by atoms with Crippen LogP contribution in [0.25, 0.3) is 0 Å². The molecule has 0 heterocycles. The molecule has 0 radical (unpaired) electrons. The van der Waals surface area contributed by atoms with Gasteiger partial charge in [0, 0.05) is 12.6 Å². The zero-order valence-corrected chi connectivity index (χ0v) is 11.6. The molecule has 0 aromatic carbocycles. The van der Waals surface area contributed by atoms with Gasteiger partial charge in [0.1, 0.15) is 6.61 Å². The number of ether oxygens (including phenoxy) is 2. The zero-order chi connectivity index (χ0) is 13.1. The standard InChI is InChI=1S/C14H27NO3/c1-2-18-14(16)12-17-11-10-15-13-8-6-4-3-5-7-9-13/h13,15H,2-12H2,1H3. The van der Waals surface area contributed by atoms with E-state index in [-0.39, 0.29) is 12.6 Å². The van der Waals surface area contributed by atoms with Gasteiger partial charge in [0.05, 0.1) is 13.2 Å². The third-order valence-electron chi connectivity index (χ3n) is 3.31. The number of hydrogen-bond acceptors (Lipinski definition) is 4. The molecule has 1 saturated carbocycles. The summed E-state index contributed by atoms with van der Waals surface area (Å²) in [4.78, 5) is 11.0. The van der Waals surface area contributed by atoms with Crippen LogP contribution < -0.4 is 5.32 Å². The van der Waals surface area contributed by atoms with Crippen LogP contribution in [0.3, 0.4) is 0 Å². The Hall–Kier alpha value is -0.610. The van der Waals surface area contributed by atoms with Gasteiger partial charge in [-0.05, 0) is 19.8 Å². The Morgan fingerprint density at radius 2 is 1.83 bits per heavy atom. The maximum absolute atomic E-state index is 11.0. The van der Waals surface area contributed by atoms with Gasteiger partial charge in [0.15, 0.2) is 0 Å². The summed E-state index contributed by atoms with van der Waals surface area (Å²) >= 11 is 0. The van der Waals surface area contributed by atoms with Crippen molar-refractivity contribution in [3.8, 4) is 0 Å². The van der Waals surface area contributed by atoms with E-state index in [9.17, 15) is 4.79 Å². The van der Waals surface area contributed by atoms with E-state index in [1.54, 1.807) is 6.92 Å². The molecule has 0 aromatic heterocycles. The number of carbonyl (C=O) groups excluding carboxylic acids is 1. The van der Waals surface area contributed by atoms with Gasteiger partial charge in [-0.15, -0.1) is 0 Å². The van der Waals surface area contributed by atoms with Crippen molar-refractivity contribution in [2.45, 2.75) is 57.9 Å². The largest absolute Gasteiger partial charge is 0.464 e. The summed E-state index contributed by atoms with van der Waals surface area (Å²) in [7, 11) is 0. The molecule has 1 rings (SSSR count). The van der Waals surface area contributed by atoms with Crippen molar-refractivity contribution in [2.24, 2.45) is 0 Å². The summed E-state index contributed by atoms with van der Waals surface area (Å²) in [5.41, 5.74) is 0. The van der Waals surface area contributed by atoms with Gasteiger partial charge in [-0.2, -0.15) is 0 Å². The molecular formula is C14H27NO3. The Labute approximate surface area is 110 Å². The minimum atomic E-state index is -0.275. The molecule has 1 fully saturated rings. The van der Waals surface area contributed by atoms with Crippen molar-refractivity contribution in [3.05, 3.63) is 0 Å². The number of nitrogens with one attached hydrogen (secondary N) is 1. The molecule has 1 N–H and O–H groups in total. The second-order valence-corrected chi connectivity index (χ2v) is 4.85. The Kier molecular flexibility index (Phi) is 8.86. The van der Waals surface area contributed by atoms with Crippen molar-refractivity contribution in [2.75, 3.05) is 26.4 Å². The van der Waals surface area contributed by atoms with Gasteiger partial charge >= 0.3 is 5.97 Å². The molecule has 0 unspecified atom stereocenters. The quantitative estimate of drug-likeness (QED) is 0.561. The lowest BCUT2D eigenvalue weighted by atomic mass is 9.97. The number of hydrogen-bond donors (Lipinski definition) is 1. The van der Waals surface area contributed by atoms with Crippen molar-refractivity contribution in [1.29, 1.82) is 0 Å². The highest BCUT2D eigenvalue weighted by Gasteiger charge is 2.10. The Morgan fingerprint density at radius 3 is 2.50 bits per heavy atom. The molecule has 0 aromatic rings. The molecule has 18 heavy (non-hydrogen) atoms. The normalized spacial score (nSPS) is 18.1. The second kappa shape index (κ2) is 10.3. The summed E-state index contributed by atoms with van der Waals surface area (Å²) < 4.78 is 10.0. The summed E-state index contributed by atoms with van der Waals surface area (Å²) in [6, 6.07) is 0.636. The second-order valence-electron chi connectivity index (χ2n) is 4.85. The third-order valence-corrected chi connectivity index (χ3v) is 3.31. The highest BCUT2D eigenvalue weighted by atomic mass is 16.6. The first-order chi connectivity index (χ1) is 8.83. The van der Waals surface area contributed by atoms with Gasteiger partial charge in [-0.25, -0.2) is 4.79 Å². The highest BCUT2D eigenvalue weighted by Crippen LogP contribution is 2.16. The average Bonchev–Trinajstić information content (AvgIpc) is 2.31. The highest BCUT2D eigenvalue weighted by molar-refractivity contribution is 5.70. The van der Waals surface area contributed by atoms with E-state index < -0.39 is 0 Å². The molecule has 0 saturated heterocycles. The molecule has 0 bridgehead atoms. The molecule has 106 valence electrons. The molecule has 1 aliphatic carbocycles. The van der Waals surface area contributed by atoms with Gasteiger partial charge in [0.25, 0.3) is 0 Å². The van der Waals surface area contributed by atoms with Crippen LogP contribution in [0.15, 0.2) is 0 Å². The van der Waals surface area contributed by atoms with Crippen LogP contribution in [0.2, 0.25) is 0 Å². The van der Waals surface area contributed by atoms with Gasteiger partial charge in [-0.3, -0.25) is 0 Å². The number of carbonyl (C=O) groups is 1. The van der Waals surface area contributed by atoms with Crippen LogP contribution in [0.1, 0.15) is 51.9 Å². The first-order valence-electron chi connectivity index (χ1n) is 7.29. The van der Waals surface area contributed by atoms with Crippen molar-refractivity contribution in [3.63, 3.8) is 0 Å². The topological polar surface area (TPSA) is 47.6 Å². The summed E-state index contributed by atoms with van der Waals surface area (Å²) in [5.74, 6) is -0.275. The minimum absolute atomic E-state index is 0.0696. The van der Waals surface area contributed by atoms with Crippen LogP contribution >= 0.6 is 0 Å². The fourth-order valence-corrected chi connectivity index (χ4v) is 2.35. The predicted molar refractivity (Wildman–Crippen MR) is 71.6 cm³/mol. The van der Waals surface area contributed by atoms with Crippen molar-refractivity contribution in [1.82, 2.24) is 5.32 Å². The van der Waals surface area contributed by atoms with Gasteiger partial charge in [0.2, 0.25) is 0 Å². The molecular weight excluding hydrogens is 230 g/mol. The molecule has 4 nitrogen and oxygen atoms in total. The van der Waals surface area contributed by atoms with E-state index in [0.29, 0.717) is 19.3 Å². The van der Waals surface area contributed by atoms with Gasteiger partial charge < -0.3 is 14.8 Å². The van der Waals surface area contributed by atoms with Gasteiger partial charge in [-0.1, -0.05) is 32.1 Å². The van der Waals surface area contributed by atoms with Crippen LogP contribution in [-0.2, 0) is 14.3 Å². The predicted octanol–water partition coefficient (Wildman–Crippen LogP) is 2.27. The minimum Gasteiger partial charge on any atom is -0.464 e. The zero-order valence-electron chi connectivity index (χ0n) is 11.6. The molecule has 0 atom stereocenters. The summed E-state index contributed by atoms with van der Waals surface area (Å²) in [6.07, 6.45) is 9.36. The summed E-state index contributed by atoms with van der Waals surface area (Å²) in [6.45, 7) is 3.69. The van der Waals surface area contributed by atoms with E-state index >= 15 is 0 Å². The van der Waals surface area contributed by atoms with Crippen molar-refractivity contribution < 1.29 is 14.3 Å². The van der Waals surface area contributed by atoms with E-state index in [1.165, 1.54) is 44.9 Å². The van der Waals surface area contributed by atoms with E-state index in [4.69, 9.17) is 9.47 Å². The molecule has 4 heteroatoms. The third kappa shape index (κ3) is 7.67. The average molecular weight is 257 g/mol. The van der Waals surface area contributed by atoms with Crippen molar-refractivity contribution >= 4 is 5.97 Å². The van der Waals surface area contributed by atoms with Crippen LogP contribution in [-0.4, -0.2) is 38.4 Å². The van der Waals surface area contributed by atoms with E-state index in [2.05, 4.69) is 5.32 Å². The Balaban J connectivity index is 1.97. The monoisotopic (exact) mass is 257 g/mol. The fraction of sp³-hybridized carbons (Fsp3) is 0.929. The Bertz CT molecular complexity index is 213. The fourth-order valence-electron chi connectivity index (χ4n) is 2.35.